The third-order valence-corrected chi connectivity index (χ3v) is 6.19. The van der Waals surface area contributed by atoms with Crippen LogP contribution in [0.5, 0.6) is 0 Å². The Labute approximate surface area is 136 Å². The summed E-state index contributed by atoms with van der Waals surface area (Å²) in [4.78, 5) is 4.56. The van der Waals surface area contributed by atoms with Gasteiger partial charge in [0, 0.05) is 25.6 Å². The Balaban J connectivity index is 1.82. The van der Waals surface area contributed by atoms with Crippen LogP contribution in [0, 0.1) is 6.92 Å². The van der Waals surface area contributed by atoms with Crippen molar-refractivity contribution in [1.29, 1.82) is 0 Å². The number of aromatic nitrogens is 1. The van der Waals surface area contributed by atoms with Crippen molar-refractivity contribution >= 4 is 10.0 Å². The standard InChI is InChI=1S/C16H21N3O3S/c1-12-18-16(11-22-12)13-3-5-15(6-4-13)23(20,21)19(2)14-7-9-17-10-8-14/h3-6,11,14,17H,7-10H2,1-2H3. The third kappa shape index (κ3) is 3.31. The minimum atomic E-state index is -3.47. The molecule has 0 radical (unpaired) electrons. The predicted octanol–water partition coefficient (Wildman–Crippen LogP) is 2.02. The Hall–Kier alpha value is -1.70. The van der Waals surface area contributed by atoms with Gasteiger partial charge in [-0.25, -0.2) is 13.4 Å². The first-order valence-corrected chi connectivity index (χ1v) is 9.14. The maximum Gasteiger partial charge on any atom is 0.243 e. The molecule has 0 atom stereocenters. The molecule has 0 saturated carbocycles. The summed E-state index contributed by atoms with van der Waals surface area (Å²) in [7, 11) is -1.80. The van der Waals surface area contributed by atoms with E-state index >= 15 is 0 Å². The molecule has 3 rings (SSSR count). The van der Waals surface area contributed by atoms with E-state index < -0.39 is 10.0 Å². The van der Waals surface area contributed by atoms with Crippen molar-refractivity contribution in [2.75, 3.05) is 20.1 Å². The molecule has 0 amide bonds. The first-order chi connectivity index (χ1) is 11.0. The molecule has 23 heavy (non-hydrogen) atoms. The second-order valence-corrected chi connectivity index (χ2v) is 7.78. The quantitative estimate of drug-likeness (QED) is 0.925. The fourth-order valence-electron chi connectivity index (χ4n) is 2.83. The monoisotopic (exact) mass is 335 g/mol. The third-order valence-electron chi connectivity index (χ3n) is 4.27. The highest BCUT2D eigenvalue weighted by Gasteiger charge is 2.28. The molecule has 0 unspecified atom stereocenters. The summed E-state index contributed by atoms with van der Waals surface area (Å²) in [6, 6.07) is 6.85. The van der Waals surface area contributed by atoms with Crippen molar-refractivity contribution in [3.05, 3.63) is 36.4 Å². The summed E-state index contributed by atoms with van der Waals surface area (Å²) >= 11 is 0. The number of benzene rings is 1. The number of sulfonamides is 1. The zero-order chi connectivity index (χ0) is 16.4. The van der Waals surface area contributed by atoms with Gasteiger partial charge in [0.05, 0.1) is 4.90 Å². The van der Waals surface area contributed by atoms with E-state index in [1.165, 1.54) is 4.31 Å². The lowest BCUT2D eigenvalue weighted by molar-refractivity contribution is 0.296. The fraction of sp³-hybridized carbons (Fsp3) is 0.438. The van der Waals surface area contributed by atoms with Gasteiger partial charge in [-0.05, 0) is 38.1 Å². The van der Waals surface area contributed by atoms with E-state index in [4.69, 9.17) is 4.42 Å². The molecular formula is C16H21N3O3S. The number of piperidine rings is 1. The molecule has 1 N–H and O–H groups in total. The first-order valence-electron chi connectivity index (χ1n) is 7.70. The molecule has 6 nitrogen and oxygen atoms in total. The summed E-state index contributed by atoms with van der Waals surface area (Å²) in [6.07, 6.45) is 3.25. The van der Waals surface area contributed by atoms with Gasteiger partial charge < -0.3 is 9.73 Å². The first kappa shape index (κ1) is 16.2. The fourth-order valence-corrected chi connectivity index (χ4v) is 4.24. The number of oxazole rings is 1. The van der Waals surface area contributed by atoms with Crippen LogP contribution in [0.2, 0.25) is 0 Å². The molecule has 1 aliphatic heterocycles. The Morgan fingerprint density at radius 2 is 1.87 bits per heavy atom. The van der Waals surface area contributed by atoms with Crippen molar-refractivity contribution in [2.24, 2.45) is 0 Å². The average Bonchev–Trinajstić information content (AvgIpc) is 3.01. The van der Waals surface area contributed by atoms with E-state index in [9.17, 15) is 8.42 Å². The number of hydrogen-bond donors (Lipinski definition) is 1. The molecule has 1 aromatic heterocycles. The van der Waals surface area contributed by atoms with Crippen molar-refractivity contribution in [2.45, 2.75) is 30.7 Å². The molecule has 2 aromatic rings. The zero-order valence-corrected chi connectivity index (χ0v) is 14.1. The van der Waals surface area contributed by atoms with Gasteiger partial charge in [-0.15, -0.1) is 0 Å². The van der Waals surface area contributed by atoms with E-state index in [1.807, 2.05) is 0 Å². The zero-order valence-electron chi connectivity index (χ0n) is 13.3. The second-order valence-electron chi connectivity index (χ2n) is 5.78. The lowest BCUT2D eigenvalue weighted by Gasteiger charge is -2.30. The Bertz CT molecular complexity index is 762. The molecule has 1 saturated heterocycles. The van der Waals surface area contributed by atoms with Crippen LogP contribution in [-0.4, -0.2) is 43.9 Å². The highest BCUT2D eigenvalue weighted by molar-refractivity contribution is 7.89. The van der Waals surface area contributed by atoms with E-state index in [-0.39, 0.29) is 6.04 Å². The van der Waals surface area contributed by atoms with Crippen LogP contribution in [0.25, 0.3) is 11.3 Å². The highest BCUT2D eigenvalue weighted by atomic mass is 32.2. The highest BCUT2D eigenvalue weighted by Crippen LogP contribution is 2.24. The molecule has 0 bridgehead atoms. The van der Waals surface area contributed by atoms with Crippen LogP contribution >= 0.6 is 0 Å². The molecule has 1 fully saturated rings. The van der Waals surface area contributed by atoms with Crippen molar-refractivity contribution in [1.82, 2.24) is 14.6 Å². The number of aryl methyl sites for hydroxylation is 1. The van der Waals surface area contributed by atoms with Crippen LogP contribution in [0.15, 0.2) is 39.8 Å². The van der Waals surface area contributed by atoms with Gasteiger partial charge in [-0.1, -0.05) is 12.1 Å². The predicted molar refractivity (Wildman–Crippen MR) is 87.5 cm³/mol. The van der Waals surface area contributed by atoms with Gasteiger partial charge in [-0.2, -0.15) is 4.31 Å². The van der Waals surface area contributed by atoms with Gasteiger partial charge in [0.15, 0.2) is 5.89 Å². The second kappa shape index (κ2) is 6.43. The molecule has 124 valence electrons. The number of hydrogen-bond acceptors (Lipinski definition) is 5. The largest absolute Gasteiger partial charge is 0.449 e. The van der Waals surface area contributed by atoms with Crippen LogP contribution in [-0.2, 0) is 10.0 Å². The summed E-state index contributed by atoms with van der Waals surface area (Å²) < 4.78 is 32.2. The van der Waals surface area contributed by atoms with Crippen LogP contribution in [0.4, 0.5) is 0 Å². The van der Waals surface area contributed by atoms with E-state index in [2.05, 4.69) is 10.3 Å². The molecule has 7 heteroatoms. The van der Waals surface area contributed by atoms with E-state index in [1.54, 1.807) is 44.5 Å². The molecule has 0 spiro atoms. The van der Waals surface area contributed by atoms with Gasteiger partial charge in [0.2, 0.25) is 10.0 Å². The van der Waals surface area contributed by atoms with Crippen LogP contribution in [0.3, 0.4) is 0 Å². The lowest BCUT2D eigenvalue weighted by Crippen LogP contribution is -2.43. The lowest BCUT2D eigenvalue weighted by atomic mass is 10.1. The SMILES string of the molecule is Cc1nc(-c2ccc(S(=O)(=O)N(C)C3CCNCC3)cc2)co1. The summed E-state index contributed by atoms with van der Waals surface area (Å²) in [5, 5.41) is 3.25. The Morgan fingerprint density at radius 3 is 2.43 bits per heavy atom. The smallest absolute Gasteiger partial charge is 0.243 e. The maximum atomic E-state index is 12.8. The minimum Gasteiger partial charge on any atom is -0.449 e. The van der Waals surface area contributed by atoms with Crippen molar-refractivity contribution in [3.8, 4) is 11.3 Å². The Kier molecular flexibility index (Phi) is 4.52. The molecule has 0 aliphatic carbocycles. The van der Waals surface area contributed by atoms with E-state index in [0.717, 1.165) is 31.5 Å². The number of nitrogens with zero attached hydrogens (tertiary/aromatic N) is 2. The minimum absolute atomic E-state index is 0.0547. The number of nitrogens with one attached hydrogen (secondary N) is 1. The van der Waals surface area contributed by atoms with Gasteiger partial charge in [0.1, 0.15) is 12.0 Å². The van der Waals surface area contributed by atoms with Crippen LogP contribution in [0.1, 0.15) is 18.7 Å². The maximum absolute atomic E-state index is 12.8. The van der Waals surface area contributed by atoms with Gasteiger partial charge in [-0.3, -0.25) is 0 Å². The van der Waals surface area contributed by atoms with Gasteiger partial charge >= 0.3 is 0 Å². The number of rotatable bonds is 4. The molecule has 2 heterocycles. The average molecular weight is 335 g/mol. The van der Waals surface area contributed by atoms with Crippen LogP contribution < -0.4 is 5.32 Å². The molecular weight excluding hydrogens is 314 g/mol. The summed E-state index contributed by atoms with van der Waals surface area (Å²) in [6.45, 7) is 3.49. The van der Waals surface area contributed by atoms with Crippen molar-refractivity contribution in [3.63, 3.8) is 0 Å². The van der Waals surface area contributed by atoms with Crippen molar-refractivity contribution < 1.29 is 12.8 Å². The Morgan fingerprint density at radius 1 is 1.22 bits per heavy atom. The molecule has 1 aliphatic rings. The summed E-state index contributed by atoms with van der Waals surface area (Å²) in [5.74, 6) is 0.585. The van der Waals surface area contributed by atoms with Gasteiger partial charge in [0.25, 0.3) is 0 Å². The summed E-state index contributed by atoms with van der Waals surface area (Å²) in [5.41, 5.74) is 1.54. The normalized spacial score (nSPS) is 16.8. The molecule has 1 aromatic carbocycles. The van der Waals surface area contributed by atoms with E-state index in [0.29, 0.717) is 16.5 Å². The topological polar surface area (TPSA) is 75.4 Å².